The summed E-state index contributed by atoms with van der Waals surface area (Å²) in [6.07, 6.45) is 1.52. The fraction of sp³-hybridized carbons (Fsp3) is 0. The SMILES string of the molecule is Oc1ccc(F)cc1-c1ccnc2c(O)cccc12. The fourth-order valence-corrected chi connectivity index (χ4v) is 2.12. The molecule has 4 heteroatoms. The monoisotopic (exact) mass is 255 g/mol. The molecule has 0 amide bonds. The number of para-hydroxylation sites is 1. The third kappa shape index (κ3) is 1.87. The first kappa shape index (κ1) is 11.5. The van der Waals surface area contributed by atoms with Crippen molar-refractivity contribution in [3.05, 3.63) is 54.5 Å². The van der Waals surface area contributed by atoms with Crippen molar-refractivity contribution in [1.82, 2.24) is 4.98 Å². The molecule has 19 heavy (non-hydrogen) atoms. The average Bonchev–Trinajstić information content (AvgIpc) is 2.42. The zero-order valence-electron chi connectivity index (χ0n) is 9.84. The van der Waals surface area contributed by atoms with Crippen molar-refractivity contribution in [2.75, 3.05) is 0 Å². The Bertz CT molecular complexity index is 771. The molecule has 0 radical (unpaired) electrons. The van der Waals surface area contributed by atoms with Crippen LogP contribution in [0, 0.1) is 5.82 Å². The van der Waals surface area contributed by atoms with Crippen molar-refractivity contribution in [3.8, 4) is 22.6 Å². The quantitative estimate of drug-likeness (QED) is 0.700. The smallest absolute Gasteiger partial charge is 0.141 e. The first-order valence-electron chi connectivity index (χ1n) is 5.72. The molecule has 2 aromatic carbocycles. The number of nitrogens with zero attached hydrogens (tertiary/aromatic N) is 1. The number of rotatable bonds is 1. The van der Waals surface area contributed by atoms with Gasteiger partial charge in [-0.3, -0.25) is 4.98 Å². The Hall–Kier alpha value is -2.62. The largest absolute Gasteiger partial charge is 0.507 e. The molecule has 0 saturated carbocycles. The summed E-state index contributed by atoms with van der Waals surface area (Å²) in [6.45, 7) is 0. The molecule has 0 bridgehead atoms. The molecular weight excluding hydrogens is 245 g/mol. The van der Waals surface area contributed by atoms with Gasteiger partial charge in [0.1, 0.15) is 22.8 Å². The lowest BCUT2D eigenvalue weighted by Gasteiger charge is -2.09. The second kappa shape index (κ2) is 4.24. The number of benzene rings is 2. The fourth-order valence-electron chi connectivity index (χ4n) is 2.12. The van der Waals surface area contributed by atoms with Crippen molar-refractivity contribution >= 4 is 10.9 Å². The molecule has 0 unspecified atom stereocenters. The molecule has 0 aliphatic rings. The molecule has 1 heterocycles. The molecule has 0 aliphatic heterocycles. The number of hydrogen-bond acceptors (Lipinski definition) is 3. The number of halogens is 1. The number of pyridine rings is 1. The van der Waals surface area contributed by atoms with E-state index < -0.39 is 5.82 Å². The van der Waals surface area contributed by atoms with Crippen LogP contribution in [0.2, 0.25) is 0 Å². The minimum atomic E-state index is -0.432. The van der Waals surface area contributed by atoms with Crippen molar-refractivity contribution < 1.29 is 14.6 Å². The van der Waals surface area contributed by atoms with E-state index in [1.165, 1.54) is 30.5 Å². The van der Waals surface area contributed by atoms with Crippen molar-refractivity contribution in [2.24, 2.45) is 0 Å². The minimum Gasteiger partial charge on any atom is -0.507 e. The van der Waals surface area contributed by atoms with E-state index in [-0.39, 0.29) is 11.5 Å². The van der Waals surface area contributed by atoms with Crippen LogP contribution in [0.5, 0.6) is 11.5 Å². The van der Waals surface area contributed by atoms with Gasteiger partial charge in [-0.05, 0) is 35.9 Å². The predicted molar refractivity (Wildman–Crippen MR) is 70.5 cm³/mol. The van der Waals surface area contributed by atoms with Gasteiger partial charge >= 0.3 is 0 Å². The van der Waals surface area contributed by atoms with Crippen molar-refractivity contribution in [1.29, 1.82) is 0 Å². The van der Waals surface area contributed by atoms with Gasteiger partial charge in [0.15, 0.2) is 0 Å². The minimum absolute atomic E-state index is 0.0164. The van der Waals surface area contributed by atoms with E-state index in [0.717, 1.165) is 0 Å². The van der Waals surface area contributed by atoms with Gasteiger partial charge in [-0.25, -0.2) is 4.39 Å². The van der Waals surface area contributed by atoms with E-state index in [1.807, 2.05) is 0 Å². The number of aromatic hydroxyl groups is 2. The van der Waals surface area contributed by atoms with Crippen LogP contribution in [-0.4, -0.2) is 15.2 Å². The Morgan fingerprint density at radius 2 is 1.74 bits per heavy atom. The molecule has 0 atom stereocenters. The Morgan fingerprint density at radius 1 is 0.895 bits per heavy atom. The lowest BCUT2D eigenvalue weighted by atomic mass is 10.00. The van der Waals surface area contributed by atoms with Crippen molar-refractivity contribution in [2.45, 2.75) is 0 Å². The summed E-state index contributed by atoms with van der Waals surface area (Å²) in [5, 5.41) is 20.3. The van der Waals surface area contributed by atoms with E-state index in [9.17, 15) is 14.6 Å². The number of aromatic nitrogens is 1. The topological polar surface area (TPSA) is 53.4 Å². The van der Waals surface area contributed by atoms with Crippen LogP contribution in [0.25, 0.3) is 22.0 Å². The molecule has 1 aromatic heterocycles. The molecule has 0 spiro atoms. The maximum atomic E-state index is 13.3. The van der Waals surface area contributed by atoms with Gasteiger partial charge in [0.25, 0.3) is 0 Å². The molecular formula is C15H10FNO2. The Balaban J connectivity index is 2.37. The van der Waals surface area contributed by atoms with Gasteiger partial charge in [0, 0.05) is 17.1 Å². The molecule has 94 valence electrons. The average molecular weight is 255 g/mol. The zero-order valence-corrected chi connectivity index (χ0v) is 9.84. The van der Waals surface area contributed by atoms with E-state index >= 15 is 0 Å². The highest BCUT2D eigenvalue weighted by Gasteiger charge is 2.11. The molecule has 3 aromatic rings. The van der Waals surface area contributed by atoms with Crippen LogP contribution >= 0.6 is 0 Å². The van der Waals surface area contributed by atoms with Gasteiger partial charge in [0.2, 0.25) is 0 Å². The van der Waals surface area contributed by atoms with Crippen molar-refractivity contribution in [3.63, 3.8) is 0 Å². The van der Waals surface area contributed by atoms with Gasteiger partial charge < -0.3 is 10.2 Å². The maximum Gasteiger partial charge on any atom is 0.141 e. The second-order valence-corrected chi connectivity index (χ2v) is 4.19. The van der Waals surface area contributed by atoms with E-state index in [4.69, 9.17) is 0 Å². The highest BCUT2D eigenvalue weighted by atomic mass is 19.1. The summed E-state index contributed by atoms with van der Waals surface area (Å²) in [4.78, 5) is 4.09. The number of hydrogen-bond donors (Lipinski definition) is 2. The van der Waals surface area contributed by atoms with E-state index in [2.05, 4.69) is 4.98 Å². The highest BCUT2D eigenvalue weighted by molar-refractivity contribution is 5.98. The lowest BCUT2D eigenvalue weighted by molar-refractivity contribution is 0.475. The van der Waals surface area contributed by atoms with Crippen LogP contribution < -0.4 is 0 Å². The van der Waals surface area contributed by atoms with Crippen LogP contribution in [0.4, 0.5) is 4.39 Å². The molecule has 0 aliphatic carbocycles. The van der Waals surface area contributed by atoms with Gasteiger partial charge in [-0.1, -0.05) is 12.1 Å². The first-order chi connectivity index (χ1) is 9.16. The molecule has 3 nitrogen and oxygen atoms in total. The summed E-state index contributed by atoms with van der Waals surface area (Å²) < 4.78 is 13.3. The molecule has 0 fully saturated rings. The van der Waals surface area contributed by atoms with Crippen LogP contribution in [0.1, 0.15) is 0 Å². The Labute approximate surface area is 108 Å². The predicted octanol–water partition coefficient (Wildman–Crippen LogP) is 3.45. The molecule has 0 saturated heterocycles. The van der Waals surface area contributed by atoms with Gasteiger partial charge in [0.05, 0.1) is 0 Å². The van der Waals surface area contributed by atoms with Crippen LogP contribution in [0.3, 0.4) is 0 Å². The third-order valence-electron chi connectivity index (χ3n) is 3.00. The normalized spacial score (nSPS) is 10.8. The third-order valence-corrected chi connectivity index (χ3v) is 3.00. The highest BCUT2D eigenvalue weighted by Crippen LogP contribution is 2.36. The Kier molecular flexibility index (Phi) is 2.56. The Morgan fingerprint density at radius 3 is 2.58 bits per heavy atom. The second-order valence-electron chi connectivity index (χ2n) is 4.19. The summed E-state index contributed by atoms with van der Waals surface area (Å²) in [6, 6.07) is 10.4. The molecule has 3 rings (SSSR count). The number of phenols is 2. The van der Waals surface area contributed by atoms with Gasteiger partial charge in [-0.2, -0.15) is 0 Å². The number of phenolic OH excluding ortho intramolecular Hbond substituents is 2. The zero-order chi connectivity index (χ0) is 13.4. The summed E-state index contributed by atoms with van der Waals surface area (Å²) in [5.74, 6) is -0.398. The van der Waals surface area contributed by atoms with Gasteiger partial charge in [-0.15, -0.1) is 0 Å². The van der Waals surface area contributed by atoms with E-state index in [0.29, 0.717) is 22.0 Å². The molecule has 2 N–H and O–H groups in total. The maximum absolute atomic E-state index is 13.3. The summed E-state index contributed by atoms with van der Waals surface area (Å²) in [7, 11) is 0. The van der Waals surface area contributed by atoms with Crippen LogP contribution in [-0.2, 0) is 0 Å². The van der Waals surface area contributed by atoms with E-state index in [1.54, 1.807) is 18.2 Å². The lowest BCUT2D eigenvalue weighted by Crippen LogP contribution is -1.86. The number of fused-ring (bicyclic) bond motifs is 1. The van der Waals surface area contributed by atoms with Crippen LogP contribution in [0.15, 0.2) is 48.7 Å². The standard InChI is InChI=1S/C15H10FNO2/c16-9-4-5-13(18)12(8-9)10-6-7-17-15-11(10)2-1-3-14(15)19/h1-8,18-19H. The summed E-state index contributed by atoms with van der Waals surface area (Å²) in [5.41, 5.74) is 1.42. The summed E-state index contributed by atoms with van der Waals surface area (Å²) >= 11 is 0. The first-order valence-corrected chi connectivity index (χ1v) is 5.72.